The van der Waals surface area contributed by atoms with Gasteiger partial charge in [0.15, 0.2) is 0 Å². The predicted molar refractivity (Wildman–Crippen MR) is 89.7 cm³/mol. The molecule has 0 spiro atoms. The summed E-state index contributed by atoms with van der Waals surface area (Å²) in [5, 5.41) is -0.596. The number of ether oxygens (including phenoxy) is 1. The van der Waals surface area contributed by atoms with Crippen molar-refractivity contribution in [3.8, 4) is 0 Å². The zero-order valence-corrected chi connectivity index (χ0v) is 15.2. The Morgan fingerprint density at radius 1 is 1.26 bits per heavy atom. The highest BCUT2D eigenvalue weighted by molar-refractivity contribution is 7.86. The molecule has 8 nitrogen and oxygen atoms in total. The van der Waals surface area contributed by atoms with Gasteiger partial charge in [0.25, 0.3) is 10.1 Å². The Balaban J connectivity index is 2.42. The first kappa shape index (κ1) is 20.8. The van der Waals surface area contributed by atoms with Crippen LogP contribution in [0.2, 0.25) is 0 Å². The monoisotopic (exact) mass is 407 g/mol. The number of amides is 1. The number of hydrogen-bond acceptors (Lipinski definition) is 6. The number of fused-ring (bicyclic) bond motifs is 1. The molecular formula is C15H16F3N3O5S. The first-order chi connectivity index (χ1) is 12.2. The molecule has 0 saturated heterocycles. The van der Waals surface area contributed by atoms with Crippen LogP contribution in [0.3, 0.4) is 0 Å². The number of aromatic nitrogens is 2. The zero-order valence-electron chi connectivity index (χ0n) is 14.4. The van der Waals surface area contributed by atoms with Crippen molar-refractivity contribution < 1.29 is 35.7 Å². The SMILES string of the molecule is CC(C)(C)OC(=O)Nc1cc2nc(C(C(F)(F)F)S(=O)(=O)O)ccc2cn1. The van der Waals surface area contributed by atoms with E-state index < -0.39 is 38.9 Å². The maximum Gasteiger partial charge on any atom is 0.413 e. The van der Waals surface area contributed by atoms with Crippen molar-refractivity contribution in [2.45, 2.75) is 37.8 Å². The Kier molecular flexibility index (Phi) is 5.34. The molecule has 0 aliphatic heterocycles. The molecule has 27 heavy (non-hydrogen) atoms. The Bertz CT molecular complexity index is 971. The fraction of sp³-hybridized carbons (Fsp3) is 0.400. The van der Waals surface area contributed by atoms with Gasteiger partial charge in [-0.05, 0) is 32.9 Å². The number of anilines is 1. The maximum atomic E-state index is 13.0. The van der Waals surface area contributed by atoms with E-state index in [1.54, 1.807) is 20.8 Å². The molecule has 1 atom stereocenters. The van der Waals surface area contributed by atoms with E-state index in [1.807, 2.05) is 0 Å². The minimum Gasteiger partial charge on any atom is -0.444 e. The summed E-state index contributed by atoms with van der Waals surface area (Å²) in [6.07, 6.45) is -4.87. The summed E-state index contributed by atoms with van der Waals surface area (Å²) < 4.78 is 75.5. The van der Waals surface area contributed by atoms with Crippen molar-refractivity contribution >= 4 is 32.9 Å². The average molecular weight is 407 g/mol. The third kappa shape index (κ3) is 5.50. The minimum absolute atomic E-state index is 0.0585. The lowest BCUT2D eigenvalue weighted by Crippen LogP contribution is -2.29. The molecule has 0 aromatic carbocycles. The summed E-state index contributed by atoms with van der Waals surface area (Å²) in [6, 6.07) is 3.16. The third-order valence-electron chi connectivity index (χ3n) is 3.09. The third-order valence-corrected chi connectivity index (χ3v) is 4.19. The van der Waals surface area contributed by atoms with E-state index in [2.05, 4.69) is 15.3 Å². The highest BCUT2D eigenvalue weighted by atomic mass is 32.2. The Morgan fingerprint density at radius 3 is 2.41 bits per heavy atom. The average Bonchev–Trinajstić information content (AvgIpc) is 2.41. The number of carbonyl (C=O) groups is 1. The van der Waals surface area contributed by atoms with E-state index in [-0.39, 0.29) is 11.3 Å². The molecule has 0 saturated carbocycles. The van der Waals surface area contributed by atoms with Crippen molar-refractivity contribution in [3.05, 3.63) is 30.1 Å². The van der Waals surface area contributed by atoms with Gasteiger partial charge in [-0.25, -0.2) is 9.78 Å². The molecule has 2 aromatic heterocycles. The van der Waals surface area contributed by atoms with E-state index in [9.17, 15) is 26.4 Å². The Labute approximate surface area is 152 Å². The Morgan fingerprint density at radius 2 is 1.89 bits per heavy atom. The predicted octanol–water partition coefficient (Wildman–Crippen LogP) is 3.47. The molecule has 2 heterocycles. The summed E-state index contributed by atoms with van der Waals surface area (Å²) in [6.45, 7) is 4.92. The summed E-state index contributed by atoms with van der Waals surface area (Å²) in [5.74, 6) is -0.0585. The summed E-state index contributed by atoms with van der Waals surface area (Å²) >= 11 is 0. The molecule has 1 unspecified atom stereocenters. The largest absolute Gasteiger partial charge is 0.444 e. The molecule has 12 heteroatoms. The molecule has 0 radical (unpaired) electrons. The quantitative estimate of drug-likeness (QED) is 0.748. The number of hydrogen-bond donors (Lipinski definition) is 2. The van der Waals surface area contributed by atoms with Crippen LogP contribution in [0.4, 0.5) is 23.8 Å². The van der Waals surface area contributed by atoms with Gasteiger partial charge in [-0.3, -0.25) is 14.9 Å². The molecule has 0 fully saturated rings. The molecule has 148 valence electrons. The number of halogens is 3. The topological polar surface area (TPSA) is 118 Å². The molecule has 0 aliphatic carbocycles. The standard InChI is InChI=1S/C15H16F3N3O5S/c1-14(2,3)26-13(22)21-11-6-10-8(7-19-11)4-5-9(20-10)12(15(16,17)18)27(23,24)25/h4-7,12H,1-3H3,(H,19,21,22)(H,23,24,25). The van der Waals surface area contributed by atoms with Crippen molar-refractivity contribution in [1.82, 2.24) is 9.97 Å². The fourth-order valence-corrected chi connectivity index (χ4v) is 2.92. The van der Waals surface area contributed by atoms with Gasteiger partial charge in [0.05, 0.1) is 11.2 Å². The van der Waals surface area contributed by atoms with E-state index in [1.165, 1.54) is 12.3 Å². The molecule has 1 amide bonds. The van der Waals surface area contributed by atoms with Gasteiger partial charge < -0.3 is 4.74 Å². The number of rotatable bonds is 3. The summed E-state index contributed by atoms with van der Waals surface area (Å²) in [7, 11) is -5.49. The van der Waals surface area contributed by atoms with Crippen LogP contribution in [-0.4, -0.2) is 40.8 Å². The van der Waals surface area contributed by atoms with Gasteiger partial charge in [0.1, 0.15) is 11.4 Å². The van der Waals surface area contributed by atoms with Crippen LogP contribution in [0.15, 0.2) is 24.4 Å². The number of carbonyl (C=O) groups excluding carboxylic acids is 1. The fourth-order valence-electron chi connectivity index (χ4n) is 2.14. The lowest BCUT2D eigenvalue weighted by molar-refractivity contribution is -0.133. The van der Waals surface area contributed by atoms with Gasteiger partial charge in [0, 0.05) is 17.6 Å². The van der Waals surface area contributed by atoms with Gasteiger partial charge in [-0.1, -0.05) is 0 Å². The van der Waals surface area contributed by atoms with Crippen molar-refractivity contribution in [1.29, 1.82) is 0 Å². The maximum absolute atomic E-state index is 13.0. The van der Waals surface area contributed by atoms with Gasteiger partial charge in [0.2, 0.25) is 5.25 Å². The molecule has 2 N–H and O–H groups in total. The number of nitrogens with zero attached hydrogens (tertiary/aromatic N) is 2. The lowest BCUT2D eigenvalue weighted by atomic mass is 10.2. The summed E-state index contributed by atoms with van der Waals surface area (Å²) in [4.78, 5) is 19.3. The lowest BCUT2D eigenvalue weighted by Gasteiger charge is -2.19. The second-order valence-electron chi connectivity index (χ2n) is 6.56. The van der Waals surface area contributed by atoms with E-state index in [4.69, 9.17) is 9.29 Å². The van der Waals surface area contributed by atoms with Crippen LogP contribution in [0.25, 0.3) is 10.9 Å². The number of nitrogens with one attached hydrogen (secondary N) is 1. The molecule has 2 aromatic rings. The van der Waals surface area contributed by atoms with Crippen LogP contribution in [0.5, 0.6) is 0 Å². The second kappa shape index (κ2) is 6.93. The number of pyridine rings is 2. The van der Waals surface area contributed by atoms with Crippen molar-refractivity contribution in [3.63, 3.8) is 0 Å². The van der Waals surface area contributed by atoms with Crippen LogP contribution in [0, 0.1) is 0 Å². The number of alkyl halides is 3. The highest BCUT2D eigenvalue weighted by Crippen LogP contribution is 2.38. The van der Waals surface area contributed by atoms with Crippen LogP contribution in [0.1, 0.15) is 31.7 Å². The minimum atomic E-state index is -5.49. The normalized spacial score (nSPS) is 14.0. The van der Waals surface area contributed by atoms with Crippen LogP contribution in [-0.2, 0) is 14.9 Å². The van der Waals surface area contributed by atoms with E-state index >= 15 is 0 Å². The van der Waals surface area contributed by atoms with Crippen molar-refractivity contribution in [2.75, 3.05) is 5.32 Å². The summed E-state index contributed by atoms with van der Waals surface area (Å²) in [5.41, 5.74) is -1.75. The van der Waals surface area contributed by atoms with Gasteiger partial charge >= 0.3 is 12.3 Å². The molecule has 0 aliphatic rings. The first-order valence-electron chi connectivity index (χ1n) is 7.46. The van der Waals surface area contributed by atoms with Gasteiger partial charge in [-0.2, -0.15) is 21.6 Å². The van der Waals surface area contributed by atoms with Gasteiger partial charge in [-0.15, -0.1) is 0 Å². The van der Waals surface area contributed by atoms with Crippen LogP contribution >= 0.6 is 0 Å². The highest BCUT2D eigenvalue weighted by Gasteiger charge is 2.50. The van der Waals surface area contributed by atoms with E-state index in [0.717, 1.165) is 12.1 Å². The molecule has 2 rings (SSSR count). The molecular weight excluding hydrogens is 391 g/mol. The Hall–Kier alpha value is -2.47. The second-order valence-corrected chi connectivity index (χ2v) is 8.06. The molecule has 0 bridgehead atoms. The zero-order chi connectivity index (χ0) is 20.6. The van der Waals surface area contributed by atoms with E-state index in [0.29, 0.717) is 5.39 Å². The smallest absolute Gasteiger partial charge is 0.413 e. The first-order valence-corrected chi connectivity index (χ1v) is 8.97. The van der Waals surface area contributed by atoms with Crippen molar-refractivity contribution in [2.24, 2.45) is 0 Å². The van der Waals surface area contributed by atoms with Crippen LogP contribution < -0.4 is 5.32 Å².